The van der Waals surface area contributed by atoms with Crippen molar-refractivity contribution in [2.75, 3.05) is 13.1 Å². The van der Waals surface area contributed by atoms with Crippen molar-refractivity contribution in [3.05, 3.63) is 0 Å². The van der Waals surface area contributed by atoms with Crippen molar-refractivity contribution >= 4 is 0 Å². The van der Waals surface area contributed by atoms with Crippen molar-refractivity contribution in [3.8, 4) is 0 Å². The Morgan fingerprint density at radius 1 is 1.15 bits per heavy atom. The van der Waals surface area contributed by atoms with Gasteiger partial charge in [0.15, 0.2) is 0 Å². The predicted octanol–water partition coefficient (Wildman–Crippen LogP) is 0.192. The van der Waals surface area contributed by atoms with Gasteiger partial charge in [0.2, 0.25) is 0 Å². The lowest BCUT2D eigenvalue weighted by molar-refractivity contribution is 0.0583. The molecule has 0 saturated carbocycles. The first-order valence-electron chi connectivity index (χ1n) is 5.36. The average Bonchev–Trinajstić information content (AvgIpc) is 2.60. The number of aliphatic hydroxyl groups is 1. The molecule has 0 aliphatic carbocycles. The van der Waals surface area contributed by atoms with E-state index in [2.05, 4.69) is 24.1 Å². The summed E-state index contributed by atoms with van der Waals surface area (Å²) >= 11 is 0. The third-order valence-electron chi connectivity index (χ3n) is 3.55. The molecule has 0 amide bonds. The van der Waals surface area contributed by atoms with E-state index in [1.165, 1.54) is 12.8 Å². The lowest BCUT2D eigenvalue weighted by atomic mass is 10.1. The zero-order valence-electron chi connectivity index (χ0n) is 8.53. The first-order chi connectivity index (χ1) is 6.20. The second kappa shape index (κ2) is 3.56. The molecule has 0 bridgehead atoms. The lowest BCUT2D eigenvalue weighted by Gasteiger charge is -2.33. The third-order valence-corrected chi connectivity index (χ3v) is 3.55. The molecule has 13 heavy (non-hydrogen) atoms. The number of nitrogens with zero attached hydrogens (tertiary/aromatic N) is 1. The Bertz CT molecular complexity index is 176. The molecule has 2 N–H and O–H groups in total. The Balaban J connectivity index is 2.05. The van der Waals surface area contributed by atoms with Crippen LogP contribution >= 0.6 is 0 Å². The summed E-state index contributed by atoms with van der Waals surface area (Å²) in [7, 11) is 0. The molecule has 2 heterocycles. The van der Waals surface area contributed by atoms with Gasteiger partial charge in [0.05, 0.1) is 6.10 Å². The molecule has 2 fully saturated rings. The van der Waals surface area contributed by atoms with Crippen LogP contribution in [0, 0.1) is 0 Å². The average molecular weight is 184 g/mol. The zero-order chi connectivity index (χ0) is 9.42. The molecule has 2 rings (SSSR count). The molecule has 0 radical (unpaired) electrons. The van der Waals surface area contributed by atoms with Gasteiger partial charge in [-0.1, -0.05) is 0 Å². The molecule has 3 nitrogen and oxygen atoms in total. The molecule has 2 aliphatic heterocycles. The molecule has 2 saturated heterocycles. The second-order valence-electron chi connectivity index (χ2n) is 4.52. The highest BCUT2D eigenvalue weighted by atomic mass is 16.3. The lowest BCUT2D eigenvalue weighted by Crippen LogP contribution is -2.48. The topological polar surface area (TPSA) is 35.5 Å². The summed E-state index contributed by atoms with van der Waals surface area (Å²) in [5.41, 5.74) is 0. The number of nitrogens with one attached hydrogen (secondary N) is 1. The molecule has 0 aromatic carbocycles. The highest BCUT2D eigenvalue weighted by Gasteiger charge is 2.38. The molecule has 0 spiro atoms. The summed E-state index contributed by atoms with van der Waals surface area (Å²) in [6.07, 6.45) is 2.40. The molecule has 0 aromatic heterocycles. The standard InChI is InChI=1S/C10H20N2O/c1-7-3-4-8(2)12(7)9-5-11-6-10(9)13/h7-11,13H,3-6H2,1-2H3/t7?,8?,9-,10-/m1/s1. The van der Waals surface area contributed by atoms with Crippen LogP contribution in [0.15, 0.2) is 0 Å². The quantitative estimate of drug-likeness (QED) is 0.611. The molecule has 2 aliphatic rings. The van der Waals surface area contributed by atoms with Crippen molar-refractivity contribution in [1.82, 2.24) is 10.2 Å². The fraction of sp³-hybridized carbons (Fsp3) is 1.00. The predicted molar refractivity (Wildman–Crippen MR) is 52.7 cm³/mol. The Hall–Kier alpha value is -0.120. The Kier molecular flexibility index (Phi) is 2.58. The van der Waals surface area contributed by atoms with Crippen LogP contribution in [0.3, 0.4) is 0 Å². The zero-order valence-corrected chi connectivity index (χ0v) is 8.53. The van der Waals surface area contributed by atoms with E-state index in [1.54, 1.807) is 0 Å². The van der Waals surface area contributed by atoms with Crippen LogP contribution in [-0.2, 0) is 0 Å². The van der Waals surface area contributed by atoms with E-state index >= 15 is 0 Å². The van der Waals surface area contributed by atoms with Crippen LogP contribution in [0.25, 0.3) is 0 Å². The van der Waals surface area contributed by atoms with Crippen molar-refractivity contribution in [2.45, 2.75) is 50.9 Å². The van der Waals surface area contributed by atoms with Gasteiger partial charge in [-0.25, -0.2) is 0 Å². The van der Waals surface area contributed by atoms with Crippen LogP contribution in [0.2, 0.25) is 0 Å². The molecule has 3 heteroatoms. The summed E-state index contributed by atoms with van der Waals surface area (Å²) < 4.78 is 0. The summed E-state index contributed by atoms with van der Waals surface area (Å²) in [5, 5.41) is 13.0. The van der Waals surface area contributed by atoms with Gasteiger partial charge in [-0.3, -0.25) is 4.90 Å². The number of hydrogen-bond acceptors (Lipinski definition) is 3. The fourth-order valence-corrected chi connectivity index (χ4v) is 2.82. The summed E-state index contributed by atoms with van der Waals surface area (Å²) in [4.78, 5) is 2.49. The monoisotopic (exact) mass is 184 g/mol. The van der Waals surface area contributed by atoms with Gasteiger partial charge in [-0.15, -0.1) is 0 Å². The van der Waals surface area contributed by atoms with E-state index in [0.29, 0.717) is 18.1 Å². The number of rotatable bonds is 1. The van der Waals surface area contributed by atoms with Gasteiger partial charge in [-0.05, 0) is 26.7 Å². The second-order valence-corrected chi connectivity index (χ2v) is 4.52. The van der Waals surface area contributed by atoms with Crippen LogP contribution in [0.4, 0.5) is 0 Å². The minimum Gasteiger partial charge on any atom is -0.390 e. The van der Waals surface area contributed by atoms with Crippen LogP contribution < -0.4 is 5.32 Å². The van der Waals surface area contributed by atoms with Gasteiger partial charge in [0.1, 0.15) is 0 Å². The maximum absolute atomic E-state index is 9.78. The van der Waals surface area contributed by atoms with E-state index in [9.17, 15) is 5.11 Å². The summed E-state index contributed by atoms with van der Waals surface area (Å²) in [5.74, 6) is 0. The third kappa shape index (κ3) is 1.60. The first kappa shape index (κ1) is 9.44. The first-order valence-corrected chi connectivity index (χ1v) is 5.36. The smallest absolute Gasteiger partial charge is 0.0832 e. The number of hydrogen-bond donors (Lipinski definition) is 2. The summed E-state index contributed by atoms with van der Waals surface area (Å²) in [6, 6.07) is 1.65. The maximum Gasteiger partial charge on any atom is 0.0832 e. The number of β-amino-alcohol motifs (C(OH)–C–C–N with tert-alkyl or cyclic N) is 1. The van der Waals surface area contributed by atoms with E-state index < -0.39 is 0 Å². The molecule has 4 atom stereocenters. The van der Waals surface area contributed by atoms with Gasteiger partial charge >= 0.3 is 0 Å². The Labute approximate surface area is 80.1 Å². The van der Waals surface area contributed by atoms with E-state index in [4.69, 9.17) is 0 Å². The molecule has 76 valence electrons. The highest BCUT2D eigenvalue weighted by molar-refractivity contribution is 4.95. The van der Waals surface area contributed by atoms with Crippen LogP contribution in [0.5, 0.6) is 0 Å². The van der Waals surface area contributed by atoms with Gasteiger partial charge < -0.3 is 10.4 Å². The van der Waals surface area contributed by atoms with E-state index in [1.807, 2.05) is 0 Å². The van der Waals surface area contributed by atoms with Crippen LogP contribution in [0.1, 0.15) is 26.7 Å². The Morgan fingerprint density at radius 2 is 1.77 bits per heavy atom. The van der Waals surface area contributed by atoms with Crippen LogP contribution in [-0.4, -0.2) is 47.3 Å². The normalized spacial score (nSPS) is 47.3. The molecular weight excluding hydrogens is 164 g/mol. The largest absolute Gasteiger partial charge is 0.390 e. The van der Waals surface area contributed by atoms with Crippen molar-refractivity contribution in [3.63, 3.8) is 0 Å². The fourth-order valence-electron chi connectivity index (χ4n) is 2.82. The van der Waals surface area contributed by atoms with Gasteiger partial charge in [0, 0.05) is 31.2 Å². The summed E-state index contributed by atoms with van der Waals surface area (Å²) in [6.45, 7) is 6.26. The van der Waals surface area contributed by atoms with E-state index in [-0.39, 0.29) is 6.10 Å². The highest BCUT2D eigenvalue weighted by Crippen LogP contribution is 2.28. The number of likely N-dealkylation sites (tertiary alicyclic amines) is 1. The van der Waals surface area contributed by atoms with Crippen molar-refractivity contribution in [1.29, 1.82) is 0 Å². The maximum atomic E-state index is 9.78. The van der Waals surface area contributed by atoms with E-state index in [0.717, 1.165) is 13.1 Å². The minimum atomic E-state index is -0.164. The SMILES string of the molecule is CC1CCC(C)N1[C@@H]1CNC[C@H]1O. The number of aliphatic hydroxyl groups excluding tert-OH is 1. The molecule has 0 aromatic rings. The molecule has 2 unspecified atom stereocenters. The Morgan fingerprint density at radius 3 is 2.23 bits per heavy atom. The van der Waals surface area contributed by atoms with Crippen molar-refractivity contribution < 1.29 is 5.11 Å². The van der Waals surface area contributed by atoms with Gasteiger partial charge in [-0.2, -0.15) is 0 Å². The van der Waals surface area contributed by atoms with Crippen molar-refractivity contribution in [2.24, 2.45) is 0 Å². The minimum absolute atomic E-state index is 0.164. The van der Waals surface area contributed by atoms with Gasteiger partial charge in [0.25, 0.3) is 0 Å². The molecular formula is C10H20N2O.